The first kappa shape index (κ1) is 23.0. The highest BCUT2D eigenvalue weighted by Crippen LogP contribution is 2.36. The molecule has 0 unspecified atom stereocenters. The Balaban J connectivity index is 1.86. The van der Waals surface area contributed by atoms with Crippen molar-refractivity contribution in [3.8, 4) is 23.3 Å². The molecule has 3 rings (SSSR count). The van der Waals surface area contributed by atoms with E-state index in [2.05, 4.69) is 22.0 Å². The summed E-state index contributed by atoms with van der Waals surface area (Å²) in [5.41, 5.74) is 2.77. The number of halogens is 3. The monoisotopic (exact) mass is 517 g/mol. The van der Waals surface area contributed by atoms with E-state index in [0.29, 0.717) is 50.6 Å². The first-order valence-electron chi connectivity index (χ1n) is 9.15. The minimum atomic E-state index is 0.330. The summed E-state index contributed by atoms with van der Waals surface area (Å²) in [7, 11) is 3.10. The van der Waals surface area contributed by atoms with Crippen LogP contribution in [0.1, 0.15) is 16.7 Å². The second-order valence-corrected chi connectivity index (χ2v) is 8.20. The summed E-state index contributed by atoms with van der Waals surface area (Å²) >= 11 is 16.2. The van der Waals surface area contributed by atoms with Gasteiger partial charge in [-0.05, 0) is 65.2 Å². The molecule has 0 fully saturated rings. The largest absolute Gasteiger partial charge is 0.493 e. The van der Waals surface area contributed by atoms with Gasteiger partial charge in [0.05, 0.1) is 35.9 Å². The topological polar surface area (TPSA) is 51.5 Å². The summed E-state index contributed by atoms with van der Waals surface area (Å²) in [5.74, 6) is 1.52. The van der Waals surface area contributed by atoms with E-state index in [4.69, 9.17) is 37.4 Å². The number of nitrogens with zero attached hydrogens (tertiary/aromatic N) is 1. The van der Waals surface area contributed by atoms with E-state index in [9.17, 15) is 5.26 Å². The van der Waals surface area contributed by atoms with Gasteiger partial charge in [-0.1, -0.05) is 51.3 Å². The average molecular weight is 519 g/mol. The summed E-state index contributed by atoms with van der Waals surface area (Å²) in [6.45, 7) is 0.330. The van der Waals surface area contributed by atoms with Crippen molar-refractivity contribution in [3.05, 3.63) is 85.8 Å². The Bertz CT molecular complexity index is 1130. The van der Waals surface area contributed by atoms with Gasteiger partial charge in [-0.2, -0.15) is 5.26 Å². The van der Waals surface area contributed by atoms with Gasteiger partial charge < -0.3 is 14.2 Å². The molecule has 7 heteroatoms. The third kappa shape index (κ3) is 5.74. The number of benzene rings is 3. The fourth-order valence-corrected chi connectivity index (χ4v) is 3.76. The van der Waals surface area contributed by atoms with Gasteiger partial charge in [0.2, 0.25) is 0 Å². The van der Waals surface area contributed by atoms with E-state index >= 15 is 0 Å². The smallest absolute Gasteiger partial charge is 0.161 e. The molecule has 4 nitrogen and oxygen atoms in total. The van der Waals surface area contributed by atoms with E-state index in [1.807, 2.05) is 24.3 Å². The Morgan fingerprint density at radius 3 is 2.19 bits per heavy atom. The van der Waals surface area contributed by atoms with Gasteiger partial charge in [0.1, 0.15) is 6.61 Å². The number of rotatable bonds is 7. The molecule has 31 heavy (non-hydrogen) atoms. The van der Waals surface area contributed by atoms with Crippen LogP contribution >= 0.6 is 39.1 Å². The first-order valence-corrected chi connectivity index (χ1v) is 10.7. The van der Waals surface area contributed by atoms with Crippen molar-refractivity contribution >= 4 is 50.8 Å². The SMILES string of the molecule is COc1ccc(/C(C#N)=C/c2cc(Cl)c(OCc3ccc(Br)cc3)c(Cl)c2)cc1OC. The summed E-state index contributed by atoms with van der Waals surface area (Å²) in [6, 6.07) is 18.7. The summed E-state index contributed by atoms with van der Waals surface area (Å²) < 4.78 is 17.4. The van der Waals surface area contributed by atoms with E-state index in [-0.39, 0.29) is 0 Å². The molecule has 0 saturated carbocycles. The van der Waals surface area contributed by atoms with E-state index < -0.39 is 0 Å². The zero-order valence-electron chi connectivity index (χ0n) is 16.8. The summed E-state index contributed by atoms with van der Waals surface area (Å²) in [4.78, 5) is 0. The Labute approximate surface area is 199 Å². The molecule has 0 N–H and O–H groups in total. The van der Waals surface area contributed by atoms with Crippen molar-refractivity contribution in [1.29, 1.82) is 5.26 Å². The van der Waals surface area contributed by atoms with Crippen LogP contribution in [0.15, 0.2) is 59.1 Å². The zero-order chi connectivity index (χ0) is 22.4. The number of allylic oxidation sites excluding steroid dienone is 1. The lowest BCUT2D eigenvalue weighted by Crippen LogP contribution is -1.97. The number of nitriles is 1. The first-order chi connectivity index (χ1) is 14.9. The third-order valence-electron chi connectivity index (χ3n) is 4.44. The van der Waals surface area contributed by atoms with Crippen molar-refractivity contribution in [2.75, 3.05) is 14.2 Å². The molecule has 0 amide bonds. The Morgan fingerprint density at radius 1 is 0.968 bits per heavy atom. The van der Waals surface area contributed by atoms with Crippen LogP contribution in [-0.4, -0.2) is 14.2 Å². The molecule has 0 saturated heterocycles. The van der Waals surface area contributed by atoms with Crippen LogP contribution in [0.25, 0.3) is 11.6 Å². The van der Waals surface area contributed by atoms with Crippen LogP contribution in [0.4, 0.5) is 0 Å². The molecule has 0 aliphatic heterocycles. The van der Waals surface area contributed by atoms with Gasteiger partial charge in [0, 0.05) is 4.47 Å². The van der Waals surface area contributed by atoms with Crippen LogP contribution in [-0.2, 0) is 6.61 Å². The Hall–Kier alpha value is -2.65. The van der Waals surface area contributed by atoms with Crippen molar-refractivity contribution < 1.29 is 14.2 Å². The standard InChI is InChI=1S/C24H18BrCl2NO3/c1-29-22-8-5-17(12-23(22)30-2)18(13-28)9-16-10-20(26)24(21(27)11-16)31-14-15-3-6-19(25)7-4-15/h3-12H,14H2,1-2H3/b18-9+. The van der Waals surface area contributed by atoms with E-state index in [1.165, 1.54) is 0 Å². The molecule has 0 aliphatic rings. The number of methoxy groups -OCH3 is 2. The molecule has 0 spiro atoms. The molecule has 0 radical (unpaired) electrons. The van der Waals surface area contributed by atoms with Crippen molar-refractivity contribution in [1.82, 2.24) is 0 Å². The second-order valence-electron chi connectivity index (χ2n) is 6.47. The van der Waals surface area contributed by atoms with Gasteiger partial charge in [-0.25, -0.2) is 0 Å². The lowest BCUT2D eigenvalue weighted by Gasteiger charge is -2.12. The number of ether oxygens (including phenoxy) is 3. The molecular formula is C24H18BrCl2NO3. The van der Waals surface area contributed by atoms with Gasteiger partial charge in [0.25, 0.3) is 0 Å². The summed E-state index contributed by atoms with van der Waals surface area (Å²) in [6.07, 6.45) is 1.71. The minimum Gasteiger partial charge on any atom is -0.493 e. The number of hydrogen-bond acceptors (Lipinski definition) is 4. The molecule has 0 heterocycles. The third-order valence-corrected chi connectivity index (χ3v) is 5.53. The van der Waals surface area contributed by atoms with Crippen molar-refractivity contribution in [2.45, 2.75) is 6.61 Å². The van der Waals surface area contributed by atoms with Crippen LogP contribution in [0.3, 0.4) is 0 Å². The van der Waals surface area contributed by atoms with Crippen molar-refractivity contribution in [2.24, 2.45) is 0 Å². The second kappa shape index (κ2) is 10.6. The lowest BCUT2D eigenvalue weighted by atomic mass is 10.0. The highest BCUT2D eigenvalue weighted by atomic mass is 79.9. The Kier molecular flexibility index (Phi) is 7.86. The predicted molar refractivity (Wildman–Crippen MR) is 128 cm³/mol. The zero-order valence-corrected chi connectivity index (χ0v) is 19.9. The average Bonchev–Trinajstić information content (AvgIpc) is 2.77. The summed E-state index contributed by atoms with van der Waals surface area (Å²) in [5, 5.41) is 10.4. The van der Waals surface area contributed by atoms with Gasteiger partial charge in [-0.3, -0.25) is 0 Å². The molecule has 0 atom stereocenters. The number of hydrogen-bond donors (Lipinski definition) is 0. The van der Waals surface area contributed by atoms with Crippen LogP contribution in [0.2, 0.25) is 10.0 Å². The van der Waals surface area contributed by atoms with Crippen molar-refractivity contribution in [3.63, 3.8) is 0 Å². The highest BCUT2D eigenvalue weighted by molar-refractivity contribution is 9.10. The van der Waals surface area contributed by atoms with Gasteiger partial charge >= 0.3 is 0 Å². The normalized spacial score (nSPS) is 11.0. The molecule has 0 aromatic heterocycles. The Morgan fingerprint density at radius 2 is 1.61 bits per heavy atom. The maximum absolute atomic E-state index is 9.67. The van der Waals surface area contributed by atoms with E-state index in [1.54, 1.807) is 50.6 Å². The minimum absolute atomic E-state index is 0.330. The predicted octanol–water partition coefficient (Wildman–Crippen LogP) is 7.42. The van der Waals surface area contributed by atoms with Crippen LogP contribution in [0.5, 0.6) is 17.2 Å². The van der Waals surface area contributed by atoms with E-state index in [0.717, 1.165) is 10.0 Å². The lowest BCUT2D eigenvalue weighted by molar-refractivity contribution is 0.306. The molecular weight excluding hydrogens is 501 g/mol. The molecule has 158 valence electrons. The molecule has 3 aromatic rings. The fraction of sp³-hybridized carbons (Fsp3) is 0.125. The van der Waals surface area contributed by atoms with Gasteiger partial charge in [0.15, 0.2) is 17.2 Å². The maximum atomic E-state index is 9.67. The molecule has 0 aliphatic carbocycles. The molecule has 3 aromatic carbocycles. The highest BCUT2D eigenvalue weighted by Gasteiger charge is 2.12. The maximum Gasteiger partial charge on any atom is 0.161 e. The quantitative estimate of drug-likeness (QED) is 0.241. The molecule has 0 bridgehead atoms. The fourth-order valence-electron chi connectivity index (χ4n) is 2.89. The van der Waals surface area contributed by atoms with Crippen LogP contribution < -0.4 is 14.2 Å². The van der Waals surface area contributed by atoms with Gasteiger partial charge in [-0.15, -0.1) is 0 Å². The van der Waals surface area contributed by atoms with Crippen LogP contribution in [0, 0.1) is 11.3 Å².